The second-order valence-electron chi connectivity index (χ2n) is 3.67. The molecule has 3 N–H and O–H groups in total. The van der Waals surface area contributed by atoms with E-state index in [0.717, 1.165) is 23.2 Å². The Labute approximate surface area is 89.4 Å². The topological polar surface area (TPSA) is 51.2 Å². The summed E-state index contributed by atoms with van der Waals surface area (Å²) in [4.78, 5) is 0. The third kappa shape index (κ3) is 3.74. The molecule has 1 heterocycles. The van der Waals surface area contributed by atoms with Crippen molar-refractivity contribution < 1.29 is 4.42 Å². The van der Waals surface area contributed by atoms with E-state index in [-0.39, 0.29) is 6.04 Å². The average Bonchev–Trinajstić information content (AvgIpc) is 2.64. The summed E-state index contributed by atoms with van der Waals surface area (Å²) in [5.41, 5.74) is 2.76. The van der Waals surface area contributed by atoms with Gasteiger partial charge in [0, 0.05) is 5.75 Å². The molecule has 0 saturated carbocycles. The predicted molar refractivity (Wildman–Crippen MR) is 60.9 cm³/mol. The van der Waals surface area contributed by atoms with Crippen molar-refractivity contribution in [3.63, 3.8) is 0 Å². The molecule has 1 unspecified atom stereocenters. The van der Waals surface area contributed by atoms with Crippen LogP contribution in [-0.4, -0.2) is 11.5 Å². The Balaban J connectivity index is 2.33. The Kier molecular flexibility index (Phi) is 5.07. The first-order chi connectivity index (χ1) is 6.74. The van der Waals surface area contributed by atoms with Crippen molar-refractivity contribution in [3.05, 3.63) is 24.2 Å². The highest BCUT2D eigenvalue weighted by Crippen LogP contribution is 2.19. The van der Waals surface area contributed by atoms with Gasteiger partial charge >= 0.3 is 0 Å². The molecule has 1 atom stereocenters. The molecule has 1 aromatic rings. The maximum atomic E-state index is 5.46. The van der Waals surface area contributed by atoms with E-state index in [2.05, 4.69) is 19.3 Å². The smallest absolute Gasteiger partial charge is 0.122 e. The highest BCUT2D eigenvalue weighted by Gasteiger charge is 2.12. The second-order valence-corrected chi connectivity index (χ2v) is 4.74. The van der Waals surface area contributed by atoms with Crippen molar-refractivity contribution in [2.24, 2.45) is 11.8 Å². The van der Waals surface area contributed by atoms with Crippen molar-refractivity contribution in [1.82, 2.24) is 5.43 Å². The van der Waals surface area contributed by atoms with Gasteiger partial charge in [0.1, 0.15) is 5.76 Å². The van der Waals surface area contributed by atoms with Gasteiger partial charge in [-0.1, -0.05) is 13.8 Å². The first-order valence-electron chi connectivity index (χ1n) is 4.81. The maximum Gasteiger partial charge on any atom is 0.122 e. The number of nitrogens with two attached hydrogens (primary N) is 1. The van der Waals surface area contributed by atoms with E-state index in [4.69, 9.17) is 10.3 Å². The SMILES string of the molecule is CC(C)CSCC(NN)c1ccco1. The standard InChI is InChI=1S/C10H18N2OS/c1-8(2)6-14-7-9(12-11)10-4-3-5-13-10/h3-5,8-9,12H,6-7,11H2,1-2H3. The molecule has 0 aliphatic rings. The van der Waals surface area contributed by atoms with Crippen molar-refractivity contribution >= 4 is 11.8 Å². The van der Waals surface area contributed by atoms with Crippen molar-refractivity contribution in [1.29, 1.82) is 0 Å². The lowest BCUT2D eigenvalue weighted by Crippen LogP contribution is -2.29. The fourth-order valence-electron chi connectivity index (χ4n) is 1.12. The number of hydrazine groups is 1. The molecule has 3 nitrogen and oxygen atoms in total. The van der Waals surface area contributed by atoms with Gasteiger partial charge in [-0.15, -0.1) is 0 Å². The van der Waals surface area contributed by atoms with E-state index >= 15 is 0 Å². The zero-order chi connectivity index (χ0) is 10.4. The quantitative estimate of drug-likeness (QED) is 0.563. The van der Waals surface area contributed by atoms with Crippen LogP contribution >= 0.6 is 11.8 Å². The Hall–Kier alpha value is -0.450. The molecule has 0 aliphatic carbocycles. The molecular weight excluding hydrogens is 196 g/mol. The summed E-state index contributed by atoms with van der Waals surface area (Å²) in [5, 5.41) is 0. The molecule has 14 heavy (non-hydrogen) atoms. The van der Waals surface area contributed by atoms with Gasteiger partial charge in [0.05, 0.1) is 12.3 Å². The molecule has 0 aliphatic heterocycles. The lowest BCUT2D eigenvalue weighted by atomic mass is 10.3. The molecule has 0 radical (unpaired) electrons. The second kappa shape index (κ2) is 6.11. The molecular formula is C10H18N2OS. The lowest BCUT2D eigenvalue weighted by molar-refractivity contribution is 0.440. The molecule has 0 fully saturated rings. The number of nitrogens with one attached hydrogen (secondary N) is 1. The van der Waals surface area contributed by atoms with Gasteiger partial charge in [-0.3, -0.25) is 5.84 Å². The maximum absolute atomic E-state index is 5.46. The monoisotopic (exact) mass is 214 g/mol. The number of thioether (sulfide) groups is 1. The van der Waals surface area contributed by atoms with Gasteiger partial charge in [0.15, 0.2) is 0 Å². The normalized spacial score (nSPS) is 13.4. The Bertz CT molecular complexity index is 236. The third-order valence-electron chi connectivity index (χ3n) is 1.82. The fourth-order valence-corrected chi connectivity index (χ4v) is 2.23. The Morgan fingerprint density at radius 1 is 1.50 bits per heavy atom. The zero-order valence-electron chi connectivity index (χ0n) is 8.69. The number of hydrogen-bond donors (Lipinski definition) is 2. The summed E-state index contributed by atoms with van der Waals surface area (Å²) < 4.78 is 5.29. The average molecular weight is 214 g/mol. The Morgan fingerprint density at radius 2 is 2.29 bits per heavy atom. The molecule has 0 amide bonds. The fraction of sp³-hybridized carbons (Fsp3) is 0.600. The summed E-state index contributed by atoms with van der Waals surface area (Å²) >= 11 is 1.89. The lowest BCUT2D eigenvalue weighted by Gasteiger charge is -2.13. The summed E-state index contributed by atoms with van der Waals surface area (Å²) in [6, 6.07) is 3.95. The van der Waals surface area contributed by atoms with E-state index in [1.807, 2.05) is 23.9 Å². The summed E-state index contributed by atoms with van der Waals surface area (Å²) in [6.45, 7) is 4.43. The minimum absolute atomic E-state index is 0.119. The van der Waals surface area contributed by atoms with Crippen molar-refractivity contribution in [3.8, 4) is 0 Å². The highest BCUT2D eigenvalue weighted by molar-refractivity contribution is 7.99. The Morgan fingerprint density at radius 3 is 2.79 bits per heavy atom. The molecule has 0 aromatic carbocycles. The number of hydrogen-bond acceptors (Lipinski definition) is 4. The largest absolute Gasteiger partial charge is 0.468 e. The third-order valence-corrected chi connectivity index (χ3v) is 3.29. The van der Waals surface area contributed by atoms with E-state index < -0.39 is 0 Å². The molecule has 1 aromatic heterocycles. The van der Waals surface area contributed by atoms with Gasteiger partial charge in [-0.25, -0.2) is 5.43 Å². The van der Waals surface area contributed by atoms with Gasteiger partial charge in [0.2, 0.25) is 0 Å². The minimum atomic E-state index is 0.119. The van der Waals surface area contributed by atoms with Crippen LogP contribution in [0.15, 0.2) is 22.8 Å². The van der Waals surface area contributed by atoms with Crippen LogP contribution in [0.25, 0.3) is 0 Å². The zero-order valence-corrected chi connectivity index (χ0v) is 9.51. The van der Waals surface area contributed by atoms with Crippen LogP contribution in [0.5, 0.6) is 0 Å². The van der Waals surface area contributed by atoms with Crippen LogP contribution in [0.3, 0.4) is 0 Å². The molecule has 1 rings (SSSR count). The van der Waals surface area contributed by atoms with Crippen LogP contribution in [0.2, 0.25) is 0 Å². The van der Waals surface area contributed by atoms with Gasteiger partial charge < -0.3 is 4.42 Å². The summed E-state index contributed by atoms with van der Waals surface area (Å²) in [5.74, 6) is 9.18. The highest BCUT2D eigenvalue weighted by atomic mass is 32.2. The van der Waals surface area contributed by atoms with Gasteiger partial charge in [-0.2, -0.15) is 11.8 Å². The molecule has 80 valence electrons. The number of furan rings is 1. The minimum Gasteiger partial charge on any atom is -0.468 e. The number of rotatable bonds is 6. The first kappa shape index (κ1) is 11.6. The van der Waals surface area contributed by atoms with Gasteiger partial charge in [-0.05, 0) is 23.8 Å². The van der Waals surface area contributed by atoms with E-state index in [9.17, 15) is 0 Å². The van der Waals surface area contributed by atoms with Crippen LogP contribution in [-0.2, 0) is 0 Å². The summed E-state index contributed by atoms with van der Waals surface area (Å²) in [6.07, 6.45) is 1.67. The van der Waals surface area contributed by atoms with Crippen LogP contribution < -0.4 is 11.3 Å². The van der Waals surface area contributed by atoms with Crippen molar-refractivity contribution in [2.45, 2.75) is 19.9 Å². The molecule has 0 bridgehead atoms. The van der Waals surface area contributed by atoms with Crippen molar-refractivity contribution in [2.75, 3.05) is 11.5 Å². The predicted octanol–water partition coefficient (Wildman–Crippen LogP) is 2.17. The van der Waals surface area contributed by atoms with Crippen LogP contribution in [0.4, 0.5) is 0 Å². The molecule has 0 spiro atoms. The first-order valence-corrected chi connectivity index (χ1v) is 5.96. The van der Waals surface area contributed by atoms with E-state index in [0.29, 0.717) is 0 Å². The van der Waals surface area contributed by atoms with E-state index in [1.165, 1.54) is 0 Å². The van der Waals surface area contributed by atoms with Crippen LogP contribution in [0, 0.1) is 5.92 Å². The van der Waals surface area contributed by atoms with Gasteiger partial charge in [0.25, 0.3) is 0 Å². The molecule has 4 heteroatoms. The van der Waals surface area contributed by atoms with E-state index in [1.54, 1.807) is 6.26 Å². The van der Waals surface area contributed by atoms with Crippen LogP contribution in [0.1, 0.15) is 25.6 Å². The molecule has 0 saturated heterocycles. The summed E-state index contributed by atoms with van der Waals surface area (Å²) in [7, 11) is 0.